The maximum Gasteiger partial charge on any atom is 0.224 e. The highest BCUT2D eigenvalue weighted by Gasteiger charge is 2.03. The first-order valence-electron chi connectivity index (χ1n) is 6.92. The Morgan fingerprint density at radius 1 is 1.19 bits per heavy atom. The van der Waals surface area contributed by atoms with Gasteiger partial charge in [0.25, 0.3) is 0 Å². The molecule has 2 rings (SSSR count). The summed E-state index contributed by atoms with van der Waals surface area (Å²) in [6.45, 7) is 4.29. The summed E-state index contributed by atoms with van der Waals surface area (Å²) >= 11 is 0. The molecule has 0 unspecified atom stereocenters. The number of hydrogen-bond acceptors (Lipinski definition) is 3. The molecular weight excluding hydrogens is 262 g/mol. The van der Waals surface area contributed by atoms with Crippen molar-refractivity contribution in [1.29, 1.82) is 0 Å². The zero-order valence-corrected chi connectivity index (χ0v) is 11.9. The molecule has 2 N–H and O–H groups in total. The molecule has 0 fully saturated rings. The highest BCUT2D eigenvalue weighted by molar-refractivity contribution is 5.90. The van der Waals surface area contributed by atoms with Crippen LogP contribution in [-0.4, -0.2) is 17.4 Å². The van der Waals surface area contributed by atoms with Crippen LogP contribution in [0.2, 0.25) is 0 Å². The van der Waals surface area contributed by atoms with Gasteiger partial charge < -0.3 is 10.6 Å². The molecule has 0 aliphatic rings. The summed E-state index contributed by atoms with van der Waals surface area (Å²) in [5.41, 5.74) is 1.87. The van der Waals surface area contributed by atoms with Gasteiger partial charge in [0.2, 0.25) is 5.91 Å². The Labute approximate surface area is 124 Å². The predicted octanol–water partition coefficient (Wildman–Crippen LogP) is 3.25. The maximum absolute atomic E-state index is 11.9. The molecule has 0 spiro atoms. The second-order valence-corrected chi connectivity index (χ2v) is 4.64. The fourth-order valence-corrected chi connectivity index (χ4v) is 1.88. The third-order valence-corrected chi connectivity index (χ3v) is 2.96. The van der Waals surface area contributed by atoms with Crippen LogP contribution in [0.1, 0.15) is 12.0 Å². The molecule has 4 heteroatoms. The predicted molar refractivity (Wildman–Crippen MR) is 86.3 cm³/mol. The Morgan fingerprint density at radius 3 is 2.67 bits per heavy atom. The third-order valence-electron chi connectivity index (χ3n) is 2.96. The maximum atomic E-state index is 11.9. The average Bonchev–Trinajstić information content (AvgIpc) is 2.53. The quantitative estimate of drug-likeness (QED) is 0.766. The molecule has 1 aromatic carbocycles. The van der Waals surface area contributed by atoms with Crippen molar-refractivity contribution in [2.45, 2.75) is 12.8 Å². The van der Waals surface area contributed by atoms with Gasteiger partial charge >= 0.3 is 0 Å². The molecule has 0 saturated carbocycles. The van der Waals surface area contributed by atoms with Gasteiger partial charge in [0.1, 0.15) is 5.82 Å². The van der Waals surface area contributed by atoms with Gasteiger partial charge in [0.15, 0.2) is 0 Å². The molecule has 1 aromatic heterocycles. The molecular formula is C17H19N3O. The summed E-state index contributed by atoms with van der Waals surface area (Å²) in [5, 5.41) is 5.93. The lowest BCUT2D eigenvalue weighted by atomic mass is 10.1. The lowest BCUT2D eigenvalue weighted by Crippen LogP contribution is -2.12. The normalized spacial score (nSPS) is 9.90. The molecule has 1 amide bonds. The Bertz CT molecular complexity index is 579. The fourth-order valence-electron chi connectivity index (χ4n) is 1.88. The number of anilines is 2. The highest BCUT2D eigenvalue weighted by Crippen LogP contribution is 2.10. The van der Waals surface area contributed by atoms with E-state index in [2.05, 4.69) is 22.2 Å². The van der Waals surface area contributed by atoms with Crippen molar-refractivity contribution >= 4 is 17.4 Å². The number of pyridine rings is 1. The summed E-state index contributed by atoms with van der Waals surface area (Å²) < 4.78 is 0. The van der Waals surface area contributed by atoms with Crippen LogP contribution in [0.25, 0.3) is 0 Å². The molecule has 0 aliphatic carbocycles. The molecule has 21 heavy (non-hydrogen) atoms. The van der Waals surface area contributed by atoms with Crippen molar-refractivity contribution in [1.82, 2.24) is 4.98 Å². The summed E-state index contributed by atoms with van der Waals surface area (Å²) in [6.07, 6.45) is 4.60. The van der Waals surface area contributed by atoms with Gasteiger partial charge in [-0.1, -0.05) is 36.4 Å². The SMILES string of the molecule is C=CCNc1ccc(NC(=O)CCc2ccccc2)cn1. The topological polar surface area (TPSA) is 54.0 Å². The molecule has 0 atom stereocenters. The van der Waals surface area contributed by atoms with Crippen LogP contribution in [0, 0.1) is 0 Å². The molecule has 4 nitrogen and oxygen atoms in total. The number of rotatable bonds is 7. The molecule has 0 radical (unpaired) electrons. The van der Waals surface area contributed by atoms with Crippen LogP contribution in [0.15, 0.2) is 61.3 Å². The minimum Gasteiger partial charge on any atom is -0.367 e. The first-order valence-corrected chi connectivity index (χ1v) is 6.92. The lowest BCUT2D eigenvalue weighted by molar-refractivity contribution is -0.116. The number of aromatic nitrogens is 1. The van der Waals surface area contributed by atoms with Gasteiger partial charge in [-0.2, -0.15) is 0 Å². The molecule has 0 bridgehead atoms. The van der Waals surface area contributed by atoms with Crippen molar-refractivity contribution in [2.75, 3.05) is 17.2 Å². The van der Waals surface area contributed by atoms with Crippen molar-refractivity contribution < 1.29 is 4.79 Å². The van der Waals surface area contributed by atoms with Gasteiger partial charge in [-0.25, -0.2) is 4.98 Å². The zero-order valence-electron chi connectivity index (χ0n) is 11.9. The number of carbonyl (C=O) groups is 1. The van der Waals surface area contributed by atoms with E-state index >= 15 is 0 Å². The first-order chi connectivity index (χ1) is 10.3. The summed E-state index contributed by atoms with van der Waals surface area (Å²) in [7, 11) is 0. The van der Waals surface area contributed by atoms with Crippen LogP contribution in [0.4, 0.5) is 11.5 Å². The minimum atomic E-state index is -0.00699. The average molecular weight is 281 g/mol. The third kappa shape index (κ3) is 5.10. The number of benzene rings is 1. The van der Waals surface area contributed by atoms with Crippen molar-refractivity contribution in [3.05, 3.63) is 66.9 Å². The Hall–Kier alpha value is -2.62. The fraction of sp³-hybridized carbons (Fsp3) is 0.176. The van der Waals surface area contributed by atoms with Gasteiger partial charge in [-0.15, -0.1) is 6.58 Å². The van der Waals surface area contributed by atoms with Crippen LogP contribution in [0.3, 0.4) is 0 Å². The van der Waals surface area contributed by atoms with Crippen LogP contribution in [-0.2, 0) is 11.2 Å². The second kappa shape index (κ2) is 7.85. The first kappa shape index (κ1) is 14.8. The van der Waals surface area contributed by atoms with E-state index in [-0.39, 0.29) is 5.91 Å². The number of hydrogen-bond donors (Lipinski definition) is 2. The summed E-state index contributed by atoms with van der Waals surface area (Å²) in [6, 6.07) is 13.6. The van der Waals surface area contributed by atoms with Crippen LogP contribution >= 0.6 is 0 Å². The van der Waals surface area contributed by atoms with E-state index in [0.29, 0.717) is 18.7 Å². The Kier molecular flexibility index (Phi) is 5.52. The van der Waals surface area contributed by atoms with Gasteiger partial charge in [0, 0.05) is 13.0 Å². The van der Waals surface area contributed by atoms with Crippen molar-refractivity contribution in [3.63, 3.8) is 0 Å². The number of nitrogens with zero attached hydrogens (tertiary/aromatic N) is 1. The summed E-state index contributed by atoms with van der Waals surface area (Å²) in [4.78, 5) is 16.1. The number of amides is 1. The van der Waals surface area contributed by atoms with Gasteiger partial charge in [-0.05, 0) is 24.1 Å². The standard InChI is InChI=1S/C17H19N3O/c1-2-12-18-16-10-9-15(13-19-16)20-17(21)11-8-14-6-4-3-5-7-14/h2-7,9-10,13H,1,8,11-12H2,(H,18,19)(H,20,21). The van der Waals surface area contributed by atoms with E-state index in [4.69, 9.17) is 0 Å². The molecule has 0 saturated heterocycles. The largest absolute Gasteiger partial charge is 0.367 e. The second-order valence-electron chi connectivity index (χ2n) is 4.64. The molecule has 2 aromatic rings. The molecule has 108 valence electrons. The van der Waals surface area contributed by atoms with Gasteiger partial charge in [0.05, 0.1) is 11.9 Å². The number of carbonyl (C=O) groups excluding carboxylic acids is 1. The van der Waals surface area contributed by atoms with Crippen LogP contribution in [0.5, 0.6) is 0 Å². The number of nitrogens with one attached hydrogen (secondary N) is 2. The minimum absolute atomic E-state index is 0.00699. The molecule has 0 aliphatic heterocycles. The smallest absolute Gasteiger partial charge is 0.224 e. The van der Waals surface area contributed by atoms with E-state index in [1.807, 2.05) is 42.5 Å². The van der Waals surface area contributed by atoms with Gasteiger partial charge in [-0.3, -0.25) is 4.79 Å². The van der Waals surface area contributed by atoms with E-state index in [1.54, 1.807) is 12.3 Å². The Morgan fingerprint density at radius 2 is 2.00 bits per heavy atom. The van der Waals surface area contributed by atoms with E-state index in [1.165, 1.54) is 0 Å². The van der Waals surface area contributed by atoms with Crippen molar-refractivity contribution in [2.24, 2.45) is 0 Å². The van der Waals surface area contributed by atoms with E-state index in [9.17, 15) is 4.79 Å². The Balaban J connectivity index is 1.80. The zero-order chi connectivity index (χ0) is 14.9. The van der Waals surface area contributed by atoms with E-state index in [0.717, 1.165) is 17.8 Å². The van der Waals surface area contributed by atoms with E-state index < -0.39 is 0 Å². The summed E-state index contributed by atoms with van der Waals surface area (Å²) in [5.74, 6) is 0.754. The highest BCUT2D eigenvalue weighted by atomic mass is 16.1. The van der Waals surface area contributed by atoms with Crippen molar-refractivity contribution in [3.8, 4) is 0 Å². The van der Waals surface area contributed by atoms with Crippen LogP contribution < -0.4 is 10.6 Å². The molecule has 1 heterocycles. The lowest BCUT2D eigenvalue weighted by Gasteiger charge is -2.07. The monoisotopic (exact) mass is 281 g/mol. The number of aryl methyl sites for hydroxylation is 1.